The molecule has 0 unspecified atom stereocenters. The largest absolute Gasteiger partial charge is 0.309 e. The number of hydrogen-bond acceptors (Lipinski definition) is 0. The molecular weight excluding hydrogens is 1270 g/mol. The highest BCUT2D eigenvalue weighted by molar-refractivity contribution is 6.14. The van der Waals surface area contributed by atoms with Gasteiger partial charge in [-0.05, 0) is 228 Å². The maximum Gasteiger partial charge on any atom is 0.0725 e. The zero-order chi connectivity index (χ0) is 69.6. The van der Waals surface area contributed by atoms with Gasteiger partial charge in [0.1, 0.15) is 0 Å². The highest BCUT2D eigenvalue weighted by Crippen LogP contribution is 2.63. The highest BCUT2D eigenvalue weighted by atomic mass is 15.0. The molecule has 16 aromatic carbocycles. The minimum Gasteiger partial charge on any atom is -0.309 e. The molecule has 2 nitrogen and oxygen atoms in total. The molecule has 0 bridgehead atoms. The van der Waals surface area contributed by atoms with Gasteiger partial charge in [0.2, 0.25) is 0 Å². The van der Waals surface area contributed by atoms with Crippen LogP contribution in [0.4, 0.5) is 0 Å². The van der Waals surface area contributed by atoms with Crippen molar-refractivity contribution in [3.05, 3.63) is 394 Å². The van der Waals surface area contributed by atoms with E-state index in [0.29, 0.717) is 0 Å². The summed E-state index contributed by atoms with van der Waals surface area (Å²) in [6.07, 6.45) is 9.33. The molecule has 4 aliphatic rings. The van der Waals surface area contributed by atoms with Crippen LogP contribution in [0.15, 0.2) is 328 Å². The van der Waals surface area contributed by atoms with Crippen LogP contribution in [0.3, 0.4) is 0 Å². The Bertz CT molecular complexity index is 6490. The first-order valence-electron chi connectivity index (χ1n) is 37.0. The zero-order valence-electron chi connectivity index (χ0n) is 58.9. The monoisotopic (exact) mass is 1330 g/mol. The fraction of sp³-hybridized carbons (Fsp3) is 0.0680. The maximum absolute atomic E-state index is 2.49. The number of fused-ring (bicyclic) bond motifs is 24. The highest BCUT2D eigenvalue weighted by Gasteiger charge is 2.52. The number of hydrogen-bond donors (Lipinski definition) is 0. The van der Waals surface area contributed by atoms with Crippen molar-refractivity contribution in [3.63, 3.8) is 0 Å². The van der Waals surface area contributed by atoms with Crippen molar-refractivity contribution < 1.29 is 0 Å². The van der Waals surface area contributed by atoms with Crippen LogP contribution in [0.2, 0.25) is 0 Å². The smallest absolute Gasteiger partial charge is 0.0725 e. The average Bonchev–Trinajstić information content (AvgIpc) is 1.51. The number of para-hydroxylation sites is 2. The van der Waals surface area contributed by atoms with Gasteiger partial charge in [-0.1, -0.05) is 307 Å². The second-order valence-corrected chi connectivity index (χ2v) is 30.6. The van der Waals surface area contributed by atoms with Gasteiger partial charge in [-0.15, -0.1) is 0 Å². The SMILES string of the molecule is CC1(C)c2ccccc2-c2ccc(-n3c4ccccc4c4cc(-c5ccc(C=Cc6ccc7c(c6)C6(c8ccccc8-c8ccccc86)c6cc(C=Cc8ccc(-c9ccc%10c(c9)c9ccccc9n%10-c9ccc%10c(c9)C(C)(C)c9ccccc9-%10)c9ccccc89)ccc6-7)c6ccccc56)ccc43)cc21. The predicted octanol–water partition coefficient (Wildman–Crippen LogP) is 26.8. The minimum atomic E-state index is -0.523. The molecule has 105 heavy (non-hydrogen) atoms. The van der Waals surface area contributed by atoms with Crippen molar-refractivity contribution in [3.8, 4) is 78.1 Å². The first kappa shape index (κ1) is 59.8. The molecule has 0 saturated carbocycles. The third-order valence-electron chi connectivity index (χ3n) is 24.6. The number of benzene rings is 16. The van der Waals surface area contributed by atoms with Crippen molar-refractivity contribution in [2.24, 2.45) is 0 Å². The van der Waals surface area contributed by atoms with Crippen LogP contribution < -0.4 is 0 Å². The van der Waals surface area contributed by atoms with Crippen LogP contribution in [0.5, 0.6) is 0 Å². The average molecular weight is 1340 g/mol. The first-order valence-corrected chi connectivity index (χ1v) is 37.0. The zero-order valence-corrected chi connectivity index (χ0v) is 58.9. The van der Waals surface area contributed by atoms with E-state index in [1.165, 1.54) is 210 Å². The summed E-state index contributed by atoms with van der Waals surface area (Å²) in [5.41, 5.74) is 37.5. The summed E-state index contributed by atoms with van der Waals surface area (Å²) in [6, 6.07) is 124. The van der Waals surface area contributed by atoms with Gasteiger partial charge >= 0.3 is 0 Å². The van der Waals surface area contributed by atoms with Gasteiger partial charge in [-0.3, -0.25) is 0 Å². The Kier molecular flexibility index (Phi) is 12.6. The molecule has 4 aliphatic carbocycles. The van der Waals surface area contributed by atoms with Crippen LogP contribution in [-0.2, 0) is 16.2 Å². The normalized spacial score (nSPS) is 14.4. The van der Waals surface area contributed by atoms with Gasteiger partial charge in [0, 0.05) is 43.7 Å². The molecule has 1 spiro atoms. The van der Waals surface area contributed by atoms with E-state index in [1.54, 1.807) is 0 Å². The third-order valence-corrected chi connectivity index (χ3v) is 24.6. The Morgan fingerprint density at radius 2 is 0.533 bits per heavy atom. The summed E-state index contributed by atoms with van der Waals surface area (Å²) >= 11 is 0. The van der Waals surface area contributed by atoms with Crippen molar-refractivity contribution >= 4 is 89.5 Å². The maximum atomic E-state index is 2.49. The first-order chi connectivity index (χ1) is 51.6. The molecule has 2 heteroatoms. The molecule has 18 aromatic rings. The van der Waals surface area contributed by atoms with E-state index >= 15 is 0 Å². The van der Waals surface area contributed by atoms with E-state index in [9.17, 15) is 0 Å². The lowest BCUT2D eigenvalue weighted by Crippen LogP contribution is -2.26. The summed E-state index contributed by atoms with van der Waals surface area (Å²) in [5, 5.41) is 9.93. The summed E-state index contributed by atoms with van der Waals surface area (Å²) in [6.45, 7) is 9.47. The standard InChI is InChI=1S/C103H70N2/c1-101(2)89-31-15-9-25-77(89)81-53-47-69(61-93(81)101)104-97-35-19-13-29-85(97)87-59-67(45-55-99(87)104)73-51-43-65(71-21-5-7-23-75(71)73)41-37-63-39-49-83-84-50-40-64(58-96(84)103(95(83)57-63)91-33-17-11-27-79(91)80-28-12-18-34-92(80)103)38-42-66-44-52-74(76-24-8-6-22-72(66)76)68-46-56-100-88(60-68)86-30-14-20-36-98(86)105(100)70-48-54-82-78-26-10-16-32-90(78)102(3,4)94(82)62-70/h5-62H,1-4H3. The van der Waals surface area contributed by atoms with E-state index in [4.69, 9.17) is 0 Å². The van der Waals surface area contributed by atoms with Crippen molar-refractivity contribution in [2.75, 3.05) is 0 Å². The predicted molar refractivity (Wildman–Crippen MR) is 443 cm³/mol. The molecule has 0 radical (unpaired) electrons. The van der Waals surface area contributed by atoms with Crippen LogP contribution in [0.25, 0.3) is 168 Å². The van der Waals surface area contributed by atoms with Gasteiger partial charge in [0.05, 0.1) is 27.5 Å². The van der Waals surface area contributed by atoms with Gasteiger partial charge in [0.15, 0.2) is 0 Å². The molecule has 0 fully saturated rings. The molecule has 0 atom stereocenters. The molecule has 0 saturated heterocycles. The van der Waals surface area contributed by atoms with Gasteiger partial charge in [-0.25, -0.2) is 0 Å². The van der Waals surface area contributed by atoms with E-state index in [0.717, 1.165) is 0 Å². The fourth-order valence-corrected chi connectivity index (χ4v) is 19.7. The van der Waals surface area contributed by atoms with E-state index in [2.05, 4.69) is 389 Å². The molecule has 0 N–H and O–H groups in total. The second-order valence-electron chi connectivity index (χ2n) is 30.6. The molecule has 2 aromatic heterocycles. The minimum absolute atomic E-state index is 0.0919. The van der Waals surface area contributed by atoms with Crippen molar-refractivity contribution in [2.45, 2.75) is 43.9 Å². The van der Waals surface area contributed by atoms with Crippen molar-refractivity contribution in [1.82, 2.24) is 9.13 Å². The molecule has 22 rings (SSSR count). The quantitative estimate of drug-likeness (QED) is 0.134. The summed E-state index contributed by atoms with van der Waals surface area (Å²) in [5.74, 6) is 0. The Labute approximate surface area is 611 Å². The van der Waals surface area contributed by atoms with E-state index < -0.39 is 5.41 Å². The van der Waals surface area contributed by atoms with Gasteiger partial charge in [-0.2, -0.15) is 0 Å². The van der Waals surface area contributed by atoms with Crippen LogP contribution in [0.1, 0.15) is 94.5 Å². The Morgan fingerprint density at radius 1 is 0.210 bits per heavy atom. The molecule has 492 valence electrons. The molecular formula is C103H70N2. The molecule has 0 aliphatic heterocycles. The van der Waals surface area contributed by atoms with Crippen LogP contribution in [-0.4, -0.2) is 9.13 Å². The molecule has 2 heterocycles. The van der Waals surface area contributed by atoms with E-state index in [1.807, 2.05) is 0 Å². The number of aromatic nitrogens is 2. The molecule has 0 amide bonds. The van der Waals surface area contributed by atoms with Crippen molar-refractivity contribution in [1.29, 1.82) is 0 Å². The third kappa shape index (κ3) is 8.42. The van der Waals surface area contributed by atoms with E-state index in [-0.39, 0.29) is 10.8 Å². The Hall–Kier alpha value is -12.9. The van der Waals surface area contributed by atoms with Gasteiger partial charge in [0.25, 0.3) is 0 Å². The summed E-state index contributed by atoms with van der Waals surface area (Å²) in [7, 11) is 0. The topological polar surface area (TPSA) is 9.86 Å². The number of rotatable bonds is 8. The Morgan fingerprint density at radius 3 is 0.971 bits per heavy atom. The summed E-state index contributed by atoms with van der Waals surface area (Å²) < 4.78 is 4.94. The lowest BCUT2D eigenvalue weighted by Gasteiger charge is -2.30. The lowest BCUT2D eigenvalue weighted by atomic mass is 9.70. The van der Waals surface area contributed by atoms with Gasteiger partial charge < -0.3 is 9.13 Å². The fourth-order valence-electron chi connectivity index (χ4n) is 19.7. The summed E-state index contributed by atoms with van der Waals surface area (Å²) in [4.78, 5) is 0. The number of nitrogens with zero attached hydrogens (tertiary/aromatic N) is 2. The Balaban J connectivity index is 0.598. The van der Waals surface area contributed by atoms with Crippen LogP contribution >= 0.6 is 0 Å². The lowest BCUT2D eigenvalue weighted by molar-refractivity contribution is 0.660. The second kappa shape index (κ2) is 22.1. The van der Waals surface area contributed by atoms with Crippen LogP contribution in [0, 0.1) is 0 Å².